The highest BCUT2D eigenvalue weighted by Gasteiger charge is 2.22. The van der Waals surface area contributed by atoms with Crippen LogP contribution in [0.15, 0.2) is 192 Å². The number of fused-ring (bicyclic) bond motifs is 10. The first kappa shape index (κ1) is 31.5. The van der Waals surface area contributed by atoms with E-state index in [1.165, 1.54) is 21.7 Å². The molecule has 6 heteroatoms. The van der Waals surface area contributed by atoms with Crippen molar-refractivity contribution in [2.24, 2.45) is 0 Å². The summed E-state index contributed by atoms with van der Waals surface area (Å²) >= 11 is 0. The van der Waals surface area contributed by atoms with Gasteiger partial charge in [-0.1, -0.05) is 115 Å². The molecule has 0 saturated carbocycles. The average molecular weight is 730 g/mol. The molecule has 4 heterocycles. The summed E-state index contributed by atoms with van der Waals surface area (Å²) in [6.07, 6.45) is 0. The molecule has 12 rings (SSSR count). The van der Waals surface area contributed by atoms with E-state index in [-0.39, 0.29) is 0 Å². The van der Waals surface area contributed by atoms with E-state index in [0.717, 1.165) is 71.9 Å². The van der Waals surface area contributed by atoms with Gasteiger partial charge in [-0.3, -0.25) is 0 Å². The molecule has 12 aromatic rings. The van der Waals surface area contributed by atoms with Crippen LogP contribution in [0, 0.1) is 0 Å². The molecule has 4 aromatic heterocycles. The van der Waals surface area contributed by atoms with Crippen molar-refractivity contribution in [1.29, 1.82) is 0 Å². The van der Waals surface area contributed by atoms with Crippen molar-refractivity contribution in [2.75, 3.05) is 0 Å². The molecule has 0 aliphatic heterocycles. The Morgan fingerprint density at radius 3 is 1.46 bits per heavy atom. The molecule has 0 bridgehead atoms. The van der Waals surface area contributed by atoms with Crippen LogP contribution in [0.1, 0.15) is 0 Å². The third-order valence-corrected chi connectivity index (χ3v) is 11.2. The minimum absolute atomic E-state index is 0.624. The Morgan fingerprint density at radius 2 is 0.807 bits per heavy atom. The van der Waals surface area contributed by atoms with Gasteiger partial charge in [0.1, 0.15) is 11.2 Å². The summed E-state index contributed by atoms with van der Waals surface area (Å²) in [7, 11) is 0. The molecular formula is C51H31N5O. The zero-order chi connectivity index (χ0) is 37.5. The largest absolute Gasteiger partial charge is 0.456 e. The Kier molecular flexibility index (Phi) is 6.83. The van der Waals surface area contributed by atoms with Gasteiger partial charge >= 0.3 is 0 Å². The predicted octanol–water partition coefficient (Wildman–Crippen LogP) is 13.0. The van der Waals surface area contributed by atoms with Crippen LogP contribution in [0.5, 0.6) is 0 Å². The molecule has 57 heavy (non-hydrogen) atoms. The fourth-order valence-corrected chi connectivity index (χ4v) is 8.61. The maximum absolute atomic E-state index is 6.51. The lowest BCUT2D eigenvalue weighted by molar-refractivity contribution is 0.669. The number of para-hydroxylation sites is 3. The molecule has 266 valence electrons. The topological polar surface area (TPSA) is 61.7 Å². The Bertz CT molecular complexity index is 3430. The van der Waals surface area contributed by atoms with Crippen LogP contribution in [0.3, 0.4) is 0 Å². The third-order valence-electron chi connectivity index (χ3n) is 11.2. The van der Waals surface area contributed by atoms with Crippen molar-refractivity contribution >= 4 is 65.6 Å². The molecule has 0 aliphatic rings. The fraction of sp³-hybridized carbons (Fsp3) is 0. The molecule has 0 fully saturated rings. The van der Waals surface area contributed by atoms with E-state index in [9.17, 15) is 0 Å². The lowest BCUT2D eigenvalue weighted by Crippen LogP contribution is -2.00. The van der Waals surface area contributed by atoms with Crippen LogP contribution in [0.25, 0.3) is 111 Å². The maximum Gasteiger partial charge on any atom is 0.164 e. The second kappa shape index (κ2) is 12.3. The second-order valence-electron chi connectivity index (χ2n) is 14.4. The average Bonchev–Trinajstić information content (AvgIpc) is 3.93. The first-order chi connectivity index (χ1) is 28.3. The molecule has 0 radical (unpaired) electrons. The number of hydrogen-bond acceptors (Lipinski definition) is 4. The Balaban J connectivity index is 1.11. The summed E-state index contributed by atoms with van der Waals surface area (Å²) in [4.78, 5) is 14.9. The van der Waals surface area contributed by atoms with Gasteiger partial charge in [-0.25, -0.2) is 15.0 Å². The lowest BCUT2D eigenvalue weighted by Gasteiger charge is -2.11. The van der Waals surface area contributed by atoms with Gasteiger partial charge in [0.2, 0.25) is 0 Å². The number of aromatic nitrogens is 5. The zero-order valence-corrected chi connectivity index (χ0v) is 30.5. The van der Waals surface area contributed by atoms with E-state index in [4.69, 9.17) is 19.4 Å². The third kappa shape index (κ3) is 4.87. The number of furan rings is 1. The van der Waals surface area contributed by atoms with E-state index < -0.39 is 0 Å². The Morgan fingerprint density at radius 1 is 0.316 bits per heavy atom. The molecule has 0 amide bonds. The fourth-order valence-electron chi connectivity index (χ4n) is 8.61. The van der Waals surface area contributed by atoms with Crippen molar-refractivity contribution in [2.45, 2.75) is 0 Å². The maximum atomic E-state index is 6.51. The first-order valence-electron chi connectivity index (χ1n) is 19.1. The Labute approximate surface area is 326 Å². The molecular weight excluding hydrogens is 699 g/mol. The summed E-state index contributed by atoms with van der Waals surface area (Å²) in [5, 5.41) is 6.95. The molecule has 6 nitrogen and oxygen atoms in total. The lowest BCUT2D eigenvalue weighted by atomic mass is 10.0. The highest BCUT2D eigenvalue weighted by molar-refractivity contribution is 6.30. The first-order valence-corrected chi connectivity index (χ1v) is 19.1. The summed E-state index contributed by atoms with van der Waals surface area (Å²) in [5.74, 6) is 1.90. The highest BCUT2D eigenvalue weighted by Crippen LogP contribution is 2.44. The van der Waals surface area contributed by atoms with Crippen LogP contribution in [0.4, 0.5) is 0 Å². The van der Waals surface area contributed by atoms with Crippen molar-refractivity contribution in [3.05, 3.63) is 188 Å². The van der Waals surface area contributed by atoms with Gasteiger partial charge < -0.3 is 13.6 Å². The van der Waals surface area contributed by atoms with E-state index >= 15 is 0 Å². The molecule has 0 aliphatic carbocycles. The van der Waals surface area contributed by atoms with Gasteiger partial charge in [-0.2, -0.15) is 0 Å². The van der Waals surface area contributed by atoms with E-state index in [2.05, 4.69) is 124 Å². The summed E-state index contributed by atoms with van der Waals surface area (Å²) < 4.78 is 11.3. The smallest absolute Gasteiger partial charge is 0.164 e. The normalized spacial score (nSPS) is 11.9. The van der Waals surface area contributed by atoms with Gasteiger partial charge in [0.05, 0.1) is 22.1 Å². The van der Waals surface area contributed by atoms with Gasteiger partial charge in [0.15, 0.2) is 17.5 Å². The molecule has 0 atom stereocenters. The highest BCUT2D eigenvalue weighted by atomic mass is 16.3. The van der Waals surface area contributed by atoms with Crippen LogP contribution >= 0.6 is 0 Å². The van der Waals surface area contributed by atoms with Gasteiger partial charge in [0.25, 0.3) is 0 Å². The van der Waals surface area contributed by atoms with E-state index in [1.807, 2.05) is 72.8 Å². The standard InChI is InChI=1S/C51H31N5O/c1-4-14-32(15-5-1)49-52-50(33-16-6-2-7-17-33)54-51(53-49)34-24-26-36(27-25-34)56-43-29-28-42-47(38-21-10-12-22-41(38)55(42)35-18-8-3-9-19-35)48(43)40-31-46-39(30-44(40)56)37-20-11-13-23-45(37)57-46/h1-31H. The molecule has 0 N–H and O–H groups in total. The summed E-state index contributed by atoms with van der Waals surface area (Å²) in [5.41, 5.74) is 11.3. The van der Waals surface area contributed by atoms with Crippen LogP contribution in [-0.4, -0.2) is 24.1 Å². The van der Waals surface area contributed by atoms with Gasteiger partial charge in [-0.15, -0.1) is 0 Å². The molecule has 0 saturated heterocycles. The number of benzene rings is 8. The minimum atomic E-state index is 0.624. The monoisotopic (exact) mass is 729 g/mol. The number of nitrogens with zero attached hydrogens (tertiary/aromatic N) is 5. The van der Waals surface area contributed by atoms with Crippen molar-refractivity contribution in [3.63, 3.8) is 0 Å². The number of rotatable bonds is 5. The second-order valence-corrected chi connectivity index (χ2v) is 14.4. The SMILES string of the molecule is c1ccc(-c2nc(-c3ccccc3)nc(-c3ccc(-n4c5cc6c(cc5c5c7c8ccccc8n(-c8ccccc8)c7ccc54)oc4ccccc46)cc3)n2)cc1. The van der Waals surface area contributed by atoms with Crippen molar-refractivity contribution in [1.82, 2.24) is 24.1 Å². The van der Waals surface area contributed by atoms with Gasteiger partial charge in [0, 0.05) is 60.4 Å². The van der Waals surface area contributed by atoms with Crippen molar-refractivity contribution in [3.8, 4) is 45.5 Å². The molecule has 0 spiro atoms. The summed E-state index contributed by atoms with van der Waals surface area (Å²) in [6, 6.07) is 65.5. The zero-order valence-electron chi connectivity index (χ0n) is 30.5. The van der Waals surface area contributed by atoms with Crippen molar-refractivity contribution < 1.29 is 4.42 Å². The quantitative estimate of drug-likeness (QED) is 0.177. The molecule has 0 unspecified atom stereocenters. The minimum Gasteiger partial charge on any atom is -0.456 e. The predicted molar refractivity (Wildman–Crippen MR) is 232 cm³/mol. The summed E-state index contributed by atoms with van der Waals surface area (Å²) in [6.45, 7) is 0. The van der Waals surface area contributed by atoms with Crippen LogP contribution in [-0.2, 0) is 0 Å². The van der Waals surface area contributed by atoms with Crippen LogP contribution < -0.4 is 0 Å². The van der Waals surface area contributed by atoms with E-state index in [0.29, 0.717) is 17.5 Å². The number of hydrogen-bond donors (Lipinski definition) is 0. The van der Waals surface area contributed by atoms with Gasteiger partial charge in [-0.05, 0) is 72.8 Å². The van der Waals surface area contributed by atoms with E-state index in [1.54, 1.807) is 0 Å². The molecule has 8 aromatic carbocycles. The Hall–Kier alpha value is -7.83. The van der Waals surface area contributed by atoms with Crippen LogP contribution in [0.2, 0.25) is 0 Å².